The van der Waals surface area contributed by atoms with Gasteiger partial charge in [-0.25, -0.2) is 4.98 Å². The van der Waals surface area contributed by atoms with Crippen LogP contribution >= 0.6 is 0 Å². The predicted octanol–water partition coefficient (Wildman–Crippen LogP) is 3.19. The third-order valence-corrected chi connectivity index (χ3v) is 4.69. The van der Waals surface area contributed by atoms with Crippen LogP contribution in [-0.2, 0) is 6.61 Å². The Bertz CT molecular complexity index is 1010. The molecule has 0 saturated carbocycles. The van der Waals surface area contributed by atoms with Crippen LogP contribution in [0.1, 0.15) is 5.56 Å². The number of methoxy groups -OCH3 is 3. The van der Waals surface area contributed by atoms with Crippen LogP contribution in [0.2, 0.25) is 0 Å². The van der Waals surface area contributed by atoms with Crippen molar-refractivity contribution in [1.82, 2.24) is 4.98 Å². The zero-order valence-electron chi connectivity index (χ0n) is 15.9. The van der Waals surface area contributed by atoms with Gasteiger partial charge in [0.25, 0.3) is 0 Å². The molecule has 1 aliphatic heterocycles. The molecular weight excluding hydrogens is 362 g/mol. The van der Waals surface area contributed by atoms with E-state index in [-0.39, 0.29) is 6.61 Å². The van der Waals surface area contributed by atoms with Crippen LogP contribution in [0.25, 0.3) is 22.2 Å². The standard InChI is InChI=1S/C21H21NO6/c1-24-19-7-12(8-20(25-2)21(19)26-3)15-6-13(11-23)14-9-17-18(10-16(14)22-15)28-5-4-27-17/h6-10,23H,4-5,11H2,1-3H3. The molecule has 0 bridgehead atoms. The molecule has 0 fully saturated rings. The van der Waals surface area contributed by atoms with Gasteiger partial charge in [-0.3, -0.25) is 0 Å². The number of rotatable bonds is 5. The van der Waals surface area contributed by atoms with E-state index in [0.29, 0.717) is 53.2 Å². The Balaban J connectivity index is 1.91. The molecule has 7 heteroatoms. The highest BCUT2D eigenvalue weighted by Crippen LogP contribution is 2.42. The quantitative estimate of drug-likeness (QED) is 0.725. The van der Waals surface area contributed by atoms with E-state index in [1.165, 1.54) is 0 Å². The minimum atomic E-state index is -0.129. The summed E-state index contributed by atoms with van der Waals surface area (Å²) in [4.78, 5) is 4.77. The number of ether oxygens (including phenoxy) is 5. The normalized spacial score (nSPS) is 12.7. The van der Waals surface area contributed by atoms with Gasteiger partial charge in [-0.1, -0.05) is 0 Å². The van der Waals surface area contributed by atoms with Crippen molar-refractivity contribution >= 4 is 10.9 Å². The Hall–Kier alpha value is -3.19. The summed E-state index contributed by atoms with van der Waals surface area (Å²) in [6.45, 7) is 0.873. The van der Waals surface area contributed by atoms with Gasteiger partial charge >= 0.3 is 0 Å². The first-order valence-corrected chi connectivity index (χ1v) is 8.83. The summed E-state index contributed by atoms with van der Waals surface area (Å²) in [7, 11) is 4.69. The van der Waals surface area contributed by atoms with Gasteiger partial charge in [0.15, 0.2) is 23.0 Å². The lowest BCUT2D eigenvalue weighted by Crippen LogP contribution is -2.15. The average molecular weight is 383 g/mol. The van der Waals surface area contributed by atoms with Crippen molar-refractivity contribution in [1.29, 1.82) is 0 Å². The Labute approximate surface area is 162 Å². The molecule has 0 amide bonds. The first kappa shape index (κ1) is 18.2. The van der Waals surface area contributed by atoms with Crippen LogP contribution in [0.3, 0.4) is 0 Å². The lowest BCUT2D eigenvalue weighted by molar-refractivity contribution is 0.172. The van der Waals surface area contributed by atoms with E-state index in [9.17, 15) is 5.11 Å². The van der Waals surface area contributed by atoms with Gasteiger partial charge < -0.3 is 28.8 Å². The molecule has 2 heterocycles. The molecule has 0 unspecified atom stereocenters. The number of hydrogen-bond donors (Lipinski definition) is 1. The van der Waals surface area contributed by atoms with Gasteiger partial charge in [0.1, 0.15) is 13.2 Å². The van der Waals surface area contributed by atoms with Crippen molar-refractivity contribution in [2.24, 2.45) is 0 Å². The molecule has 0 radical (unpaired) electrons. The number of aromatic nitrogens is 1. The second-order valence-corrected chi connectivity index (χ2v) is 6.25. The number of benzene rings is 2. The predicted molar refractivity (Wildman–Crippen MR) is 104 cm³/mol. The van der Waals surface area contributed by atoms with Crippen LogP contribution in [0.5, 0.6) is 28.7 Å². The lowest BCUT2D eigenvalue weighted by atomic mass is 10.0. The van der Waals surface area contributed by atoms with Crippen molar-refractivity contribution < 1.29 is 28.8 Å². The summed E-state index contributed by atoms with van der Waals surface area (Å²) in [6, 6.07) is 9.20. The van der Waals surface area contributed by atoms with E-state index >= 15 is 0 Å². The molecule has 3 aromatic rings. The van der Waals surface area contributed by atoms with E-state index < -0.39 is 0 Å². The van der Waals surface area contributed by atoms with Crippen molar-refractivity contribution in [2.45, 2.75) is 6.61 Å². The minimum Gasteiger partial charge on any atom is -0.493 e. The Morgan fingerprint density at radius 1 is 0.893 bits per heavy atom. The van der Waals surface area contributed by atoms with Gasteiger partial charge in [0.2, 0.25) is 5.75 Å². The first-order valence-electron chi connectivity index (χ1n) is 8.83. The molecule has 0 atom stereocenters. The number of aliphatic hydroxyl groups excluding tert-OH is 1. The van der Waals surface area contributed by atoms with E-state index in [4.69, 9.17) is 28.7 Å². The van der Waals surface area contributed by atoms with Crippen molar-refractivity contribution in [3.8, 4) is 40.0 Å². The Morgan fingerprint density at radius 3 is 2.11 bits per heavy atom. The van der Waals surface area contributed by atoms with Crippen LogP contribution < -0.4 is 23.7 Å². The molecule has 28 heavy (non-hydrogen) atoms. The third kappa shape index (κ3) is 3.03. The van der Waals surface area contributed by atoms with Gasteiger partial charge in [-0.15, -0.1) is 0 Å². The summed E-state index contributed by atoms with van der Waals surface area (Å²) in [5, 5.41) is 10.7. The lowest BCUT2D eigenvalue weighted by Gasteiger charge is -2.20. The first-order chi connectivity index (χ1) is 13.7. The van der Waals surface area contributed by atoms with Crippen molar-refractivity contribution in [2.75, 3.05) is 34.5 Å². The Kier molecular flexibility index (Phi) is 4.83. The maximum Gasteiger partial charge on any atom is 0.203 e. The molecule has 0 aliphatic carbocycles. The van der Waals surface area contributed by atoms with Crippen LogP contribution in [0, 0.1) is 0 Å². The van der Waals surface area contributed by atoms with E-state index in [1.807, 2.05) is 30.3 Å². The average Bonchev–Trinajstić information content (AvgIpc) is 2.75. The molecule has 0 spiro atoms. The van der Waals surface area contributed by atoms with Gasteiger partial charge in [0, 0.05) is 17.0 Å². The fraction of sp³-hybridized carbons (Fsp3) is 0.286. The summed E-state index contributed by atoms with van der Waals surface area (Å²) in [6.07, 6.45) is 0. The summed E-state index contributed by atoms with van der Waals surface area (Å²) >= 11 is 0. The van der Waals surface area contributed by atoms with Crippen LogP contribution in [-0.4, -0.2) is 44.6 Å². The number of nitrogens with zero attached hydrogens (tertiary/aromatic N) is 1. The highest BCUT2D eigenvalue weighted by molar-refractivity contribution is 5.88. The highest BCUT2D eigenvalue weighted by atomic mass is 16.6. The fourth-order valence-corrected chi connectivity index (χ4v) is 3.34. The van der Waals surface area contributed by atoms with Crippen molar-refractivity contribution in [3.63, 3.8) is 0 Å². The summed E-state index contributed by atoms with van der Waals surface area (Å²) in [5.74, 6) is 2.89. The smallest absolute Gasteiger partial charge is 0.203 e. The van der Waals surface area contributed by atoms with Gasteiger partial charge in [-0.05, 0) is 29.8 Å². The molecule has 4 rings (SSSR count). The topological polar surface area (TPSA) is 79.3 Å². The number of pyridine rings is 1. The maximum atomic E-state index is 9.93. The zero-order valence-corrected chi connectivity index (χ0v) is 15.9. The Morgan fingerprint density at radius 2 is 1.54 bits per heavy atom. The molecule has 1 N–H and O–H groups in total. The van der Waals surface area contributed by atoms with Crippen LogP contribution in [0.4, 0.5) is 0 Å². The molecule has 1 aromatic heterocycles. The minimum absolute atomic E-state index is 0.129. The molecule has 7 nitrogen and oxygen atoms in total. The third-order valence-electron chi connectivity index (χ3n) is 4.69. The van der Waals surface area contributed by atoms with E-state index in [1.54, 1.807) is 21.3 Å². The molecule has 0 saturated heterocycles. The molecule has 146 valence electrons. The largest absolute Gasteiger partial charge is 0.493 e. The molecule has 2 aromatic carbocycles. The van der Waals surface area contributed by atoms with Gasteiger partial charge in [0.05, 0.1) is 39.1 Å². The van der Waals surface area contributed by atoms with Crippen molar-refractivity contribution in [3.05, 3.63) is 35.9 Å². The van der Waals surface area contributed by atoms with E-state index in [0.717, 1.165) is 16.5 Å². The summed E-state index contributed by atoms with van der Waals surface area (Å²) in [5.41, 5.74) is 2.90. The van der Waals surface area contributed by atoms with Crippen LogP contribution in [0.15, 0.2) is 30.3 Å². The highest BCUT2D eigenvalue weighted by Gasteiger charge is 2.18. The van der Waals surface area contributed by atoms with E-state index in [2.05, 4.69) is 0 Å². The monoisotopic (exact) mass is 383 g/mol. The maximum absolute atomic E-state index is 9.93. The second-order valence-electron chi connectivity index (χ2n) is 6.25. The number of hydrogen-bond acceptors (Lipinski definition) is 7. The number of fused-ring (bicyclic) bond motifs is 2. The van der Waals surface area contributed by atoms with Gasteiger partial charge in [-0.2, -0.15) is 0 Å². The molecular formula is C21H21NO6. The SMILES string of the molecule is COc1cc(-c2cc(CO)c3cc4c(cc3n2)OCCO4)cc(OC)c1OC. The summed E-state index contributed by atoms with van der Waals surface area (Å²) < 4.78 is 27.6. The fourth-order valence-electron chi connectivity index (χ4n) is 3.34. The second kappa shape index (κ2) is 7.44. The zero-order chi connectivity index (χ0) is 19.7. The molecule has 1 aliphatic rings. The number of aliphatic hydroxyl groups is 1.